The number of aryl methyl sites for hydroxylation is 1. The number of pyridine rings is 1. The molecule has 0 aliphatic carbocycles. The van der Waals surface area contributed by atoms with Crippen molar-refractivity contribution >= 4 is 29.2 Å². The molecule has 2 aromatic heterocycles. The van der Waals surface area contributed by atoms with Gasteiger partial charge in [0, 0.05) is 37.7 Å². The third-order valence-electron chi connectivity index (χ3n) is 5.29. The van der Waals surface area contributed by atoms with E-state index < -0.39 is 0 Å². The Morgan fingerprint density at radius 3 is 2.74 bits per heavy atom. The molecule has 1 aliphatic heterocycles. The molecule has 3 aromatic rings. The smallest absolute Gasteiger partial charge is 0.230 e. The molecule has 1 N–H and O–H groups in total. The van der Waals surface area contributed by atoms with Crippen molar-refractivity contribution in [1.82, 2.24) is 14.9 Å². The molecule has 2 amide bonds. The van der Waals surface area contributed by atoms with Crippen molar-refractivity contribution in [3.05, 3.63) is 65.8 Å². The van der Waals surface area contributed by atoms with Gasteiger partial charge in [-0.3, -0.25) is 9.59 Å². The van der Waals surface area contributed by atoms with E-state index in [-0.39, 0.29) is 17.7 Å². The average Bonchev–Trinajstić information content (AvgIpc) is 3.29. The van der Waals surface area contributed by atoms with Crippen LogP contribution >= 0.6 is 11.6 Å². The fourth-order valence-electron chi connectivity index (χ4n) is 3.63. The normalized spacial score (nSPS) is 16.2. The molecule has 1 saturated heterocycles. The number of carbonyl (C=O) groups excluding carboxylic acids is 2. The Morgan fingerprint density at radius 1 is 1.13 bits per heavy atom. The molecule has 0 saturated carbocycles. The zero-order valence-corrected chi connectivity index (χ0v) is 17.7. The molecular formula is C23H23ClN4O3. The third-order valence-corrected chi connectivity index (χ3v) is 5.51. The lowest BCUT2D eigenvalue weighted by Crippen LogP contribution is -2.43. The summed E-state index contributed by atoms with van der Waals surface area (Å²) in [6, 6.07) is 13.1. The predicted octanol–water partition coefficient (Wildman–Crippen LogP) is 4.20. The molecular weight excluding hydrogens is 416 g/mol. The molecule has 1 fully saturated rings. The molecule has 1 aromatic carbocycles. The molecule has 1 unspecified atom stereocenters. The zero-order chi connectivity index (χ0) is 21.6. The molecule has 31 heavy (non-hydrogen) atoms. The lowest BCUT2D eigenvalue weighted by molar-refractivity contribution is -0.134. The van der Waals surface area contributed by atoms with Crippen LogP contribution in [-0.4, -0.2) is 39.8 Å². The van der Waals surface area contributed by atoms with Crippen LogP contribution < -0.4 is 5.32 Å². The van der Waals surface area contributed by atoms with Gasteiger partial charge in [0.05, 0.1) is 17.1 Å². The minimum atomic E-state index is -0.262. The van der Waals surface area contributed by atoms with E-state index >= 15 is 0 Å². The van der Waals surface area contributed by atoms with Crippen LogP contribution in [0.1, 0.15) is 25.2 Å². The van der Waals surface area contributed by atoms with Gasteiger partial charge in [-0.2, -0.15) is 0 Å². The number of likely N-dealkylation sites (tertiary alicyclic amines) is 1. The number of aromatic nitrogens is 2. The van der Waals surface area contributed by atoms with E-state index in [2.05, 4.69) is 15.3 Å². The summed E-state index contributed by atoms with van der Waals surface area (Å²) in [5, 5.41) is 3.31. The summed E-state index contributed by atoms with van der Waals surface area (Å²) in [4.78, 5) is 35.4. The molecule has 1 atom stereocenters. The second-order valence-corrected chi connectivity index (χ2v) is 7.95. The maximum Gasteiger partial charge on any atom is 0.230 e. The van der Waals surface area contributed by atoms with Gasteiger partial charge in [0.2, 0.25) is 11.8 Å². The first kappa shape index (κ1) is 21.1. The Bertz CT molecular complexity index is 1040. The molecule has 1 aliphatic rings. The van der Waals surface area contributed by atoms with E-state index in [1.807, 2.05) is 30.3 Å². The summed E-state index contributed by atoms with van der Waals surface area (Å²) in [7, 11) is 0. The van der Waals surface area contributed by atoms with E-state index in [0.29, 0.717) is 48.4 Å². The summed E-state index contributed by atoms with van der Waals surface area (Å²) < 4.78 is 5.78. The number of oxazole rings is 1. The second kappa shape index (κ2) is 9.75. The fourth-order valence-corrected chi connectivity index (χ4v) is 3.74. The molecule has 3 heterocycles. The quantitative estimate of drug-likeness (QED) is 0.623. The number of hydrogen-bond acceptors (Lipinski definition) is 5. The highest BCUT2D eigenvalue weighted by atomic mass is 35.5. The van der Waals surface area contributed by atoms with Crippen molar-refractivity contribution in [3.63, 3.8) is 0 Å². The Labute approximate surface area is 185 Å². The van der Waals surface area contributed by atoms with Crippen molar-refractivity contribution in [2.45, 2.75) is 25.7 Å². The van der Waals surface area contributed by atoms with Gasteiger partial charge in [-0.15, -0.1) is 0 Å². The monoisotopic (exact) mass is 438 g/mol. The topological polar surface area (TPSA) is 88.3 Å². The van der Waals surface area contributed by atoms with Gasteiger partial charge in [-0.25, -0.2) is 9.97 Å². The van der Waals surface area contributed by atoms with Gasteiger partial charge in [-0.05, 0) is 25.0 Å². The van der Waals surface area contributed by atoms with Gasteiger partial charge in [0.25, 0.3) is 0 Å². The lowest BCUT2D eigenvalue weighted by atomic mass is 9.96. The molecule has 0 spiro atoms. The van der Waals surface area contributed by atoms with Gasteiger partial charge in [0.15, 0.2) is 11.7 Å². The standard InChI is InChI=1S/C23H23ClN4O3/c24-18-8-9-20(25-13-18)27-23(30)17-7-4-12-28(15-17)22(29)11-10-21-26-14-19(31-21)16-5-2-1-3-6-16/h1-3,5-6,8-9,13-14,17H,4,7,10-12,15H2,(H,25,27,30). The van der Waals surface area contributed by atoms with Crippen LogP contribution in [0.4, 0.5) is 5.82 Å². The van der Waals surface area contributed by atoms with Crippen LogP contribution in [-0.2, 0) is 16.0 Å². The van der Waals surface area contributed by atoms with Gasteiger partial charge >= 0.3 is 0 Å². The van der Waals surface area contributed by atoms with E-state index in [9.17, 15) is 9.59 Å². The Kier molecular flexibility index (Phi) is 6.62. The molecule has 7 nitrogen and oxygen atoms in total. The number of hydrogen-bond donors (Lipinski definition) is 1. The molecule has 8 heteroatoms. The number of rotatable bonds is 6. The summed E-state index contributed by atoms with van der Waals surface area (Å²) in [6.45, 7) is 1.06. The van der Waals surface area contributed by atoms with Crippen LogP contribution in [0.15, 0.2) is 59.3 Å². The SMILES string of the molecule is O=C(Nc1ccc(Cl)cn1)C1CCCN(C(=O)CCc2ncc(-c3ccccc3)o2)C1. The van der Waals surface area contributed by atoms with Crippen LogP contribution in [0, 0.1) is 5.92 Å². The van der Waals surface area contributed by atoms with E-state index in [0.717, 1.165) is 18.4 Å². The number of amides is 2. The number of piperidine rings is 1. The Morgan fingerprint density at radius 2 is 1.97 bits per heavy atom. The molecule has 160 valence electrons. The van der Waals surface area contributed by atoms with Crippen LogP contribution in [0.25, 0.3) is 11.3 Å². The number of nitrogens with one attached hydrogen (secondary N) is 1. The number of anilines is 1. The first-order valence-electron chi connectivity index (χ1n) is 10.3. The largest absolute Gasteiger partial charge is 0.441 e. The summed E-state index contributed by atoms with van der Waals surface area (Å²) in [5.74, 6) is 1.28. The number of nitrogens with zero attached hydrogens (tertiary/aromatic N) is 3. The minimum Gasteiger partial charge on any atom is -0.441 e. The Hall–Kier alpha value is -3.19. The molecule has 4 rings (SSSR count). The summed E-state index contributed by atoms with van der Waals surface area (Å²) >= 11 is 5.83. The second-order valence-electron chi connectivity index (χ2n) is 7.51. The van der Waals surface area contributed by atoms with Crippen molar-refractivity contribution in [1.29, 1.82) is 0 Å². The van der Waals surface area contributed by atoms with Crippen molar-refractivity contribution in [2.75, 3.05) is 18.4 Å². The number of halogens is 1. The van der Waals surface area contributed by atoms with Crippen LogP contribution in [0.5, 0.6) is 0 Å². The Balaban J connectivity index is 1.29. The van der Waals surface area contributed by atoms with E-state index in [1.165, 1.54) is 6.20 Å². The lowest BCUT2D eigenvalue weighted by Gasteiger charge is -2.32. The first-order chi connectivity index (χ1) is 15.1. The molecule has 0 radical (unpaired) electrons. The average molecular weight is 439 g/mol. The number of benzene rings is 1. The molecule has 0 bridgehead atoms. The minimum absolute atomic E-state index is 0.00146. The maximum absolute atomic E-state index is 12.7. The predicted molar refractivity (Wildman–Crippen MR) is 117 cm³/mol. The van der Waals surface area contributed by atoms with E-state index in [1.54, 1.807) is 23.2 Å². The van der Waals surface area contributed by atoms with Crippen molar-refractivity contribution in [2.24, 2.45) is 5.92 Å². The van der Waals surface area contributed by atoms with Gasteiger partial charge in [0.1, 0.15) is 5.82 Å². The van der Waals surface area contributed by atoms with Gasteiger partial charge < -0.3 is 14.6 Å². The number of carbonyl (C=O) groups is 2. The van der Waals surface area contributed by atoms with Crippen molar-refractivity contribution < 1.29 is 14.0 Å². The van der Waals surface area contributed by atoms with E-state index in [4.69, 9.17) is 16.0 Å². The zero-order valence-electron chi connectivity index (χ0n) is 17.0. The van der Waals surface area contributed by atoms with Crippen molar-refractivity contribution in [3.8, 4) is 11.3 Å². The fraction of sp³-hybridized carbons (Fsp3) is 0.304. The van der Waals surface area contributed by atoms with Gasteiger partial charge in [-0.1, -0.05) is 41.9 Å². The summed E-state index contributed by atoms with van der Waals surface area (Å²) in [6.07, 6.45) is 5.41. The van der Waals surface area contributed by atoms with Crippen LogP contribution in [0.2, 0.25) is 5.02 Å². The summed E-state index contributed by atoms with van der Waals surface area (Å²) in [5.41, 5.74) is 0.952. The maximum atomic E-state index is 12.7. The highest BCUT2D eigenvalue weighted by molar-refractivity contribution is 6.30. The van der Waals surface area contributed by atoms with Crippen LogP contribution in [0.3, 0.4) is 0 Å². The highest BCUT2D eigenvalue weighted by Crippen LogP contribution is 2.22. The third kappa shape index (κ3) is 5.49. The first-order valence-corrected chi connectivity index (χ1v) is 10.7. The highest BCUT2D eigenvalue weighted by Gasteiger charge is 2.28.